The second-order valence-corrected chi connectivity index (χ2v) is 32.3. The molecule has 0 radical (unpaired) electrons. The van der Waals surface area contributed by atoms with Crippen LogP contribution in [-0.2, 0) is 82.0 Å². The molecule has 6 N–H and O–H groups in total. The summed E-state index contributed by atoms with van der Waals surface area (Å²) in [7, 11) is 0.706. The molecule has 0 aliphatic carbocycles. The van der Waals surface area contributed by atoms with Gasteiger partial charge in [-0.25, -0.2) is 47.2 Å². The van der Waals surface area contributed by atoms with Crippen molar-refractivity contribution in [3.05, 3.63) is 446 Å². The quantitative estimate of drug-likeness (QED) is 0.0217. The SMILES string of the molecule is Cc1cc(C)cc(C)c1.Cc1ccc(C(C)C)cc1.Cc1ccc(C(C)C)cc1.Cc1ccc(S(=O)(=O)[N-][C@H](c2ccccc2)[C@H](N)c2ccccc2)cc1.Cc1ccc(S(=O)(=O)[N-][C@H](c2ccccc2)[C@H](N)c2ccccc2)cc1.N[C@H](c1ccccc1)[C@H]([N-]S(=O)(=O)c1c(F)c(F)c(F)c(F)c1F)c1ccccc1.[CH3-].[CH3-].[CH3-].[Cl][Ru+3].[Cl][Ru+3].[Cl][Ru+3]. The van der Waals surface area contributed by atoms with Gasteiger partial charge in [0.15, 0.2) is 23.3 Å². The molecule has 0 aromatic heterocycles. The van der Waals surface area contributed by atoms with Gasteiger partial charge in [-0.15, -0.1) is 0 Å². The summed E-state index contributed by atoms with van der Waals surface area (Å²) >= 11 is 5.47. The zero-order chi connectivity index (χ0) is 87.2. The molecule has 0 unspecified atom stereocenters. The summed E-state index contributed by atoms with van der Waals surface area (Å²) in [6.45, 7) is 23.3. The normalized spacial score (nSPS) is 12.1. The Morgan fingerprint density at radius 1 is 0.258 bits per heavy atom. The zero-order valence-corrected chi connectivity index (χ0v) is 79.2. The van der Waals surface area contributed by atoms with E-state index in [0.29, 0.717) is 17.4 Å². The van der Waals surface area contributed by atoms with Crippen LogP contribution in [-0.4, -0.2) is 25.3 Å². The van der Waals surface area contributed by atoms with Crippen LogP contribution < -0.4 is 17.2 Å². The summed E-state index contributed by atoms with van der Waals surface area (Å²) in [6.07, 6.45) is 0. The molecule has 0 aliphatic rings. The van der Waals surface area contributed by atoms with Crippen molar-refractivity contribution in [3.8, 4) is 0 Å². The van der Waals surface area contributed by atoms with Crippen LogP contribution in [0.25, 0.3) is 14.2 Å². The number of aryl methyl sites for hydroxylation is 7. The van der Waals surface area contributed by atoms with Crippen molar-refractivity contribution in [1.82, 2.24) is 0 Å². The van der Waals surface area contributed by atoms with Crippen molar-refractivity contribution in [2.75, 3.05) is 0 Å². The van der Waals surface area contributed by atoms with Gasteiger partial charge in [-0.2, -0.15) is 0 Å². The van der Waals surface area contributed by atoms with Gasteiger partial charge in [0.25, 0.3) is 0 Å². The first-order valence-corrected chi connectivity index (χ1v) is 47.4. The molecule has 0 bridgehead atoms. The van der Waals surface area contributed by atoms with Crippen LogP contribution in [0, 0.1) is 99.8 Å². The van der Waals surface area contributed by atoms with Crippen LogP contribution >= 0.6 is 29.1 Å². The molecule has 0 spiro atoms. The average Bonchev–Trinajstić information content (AvgIpc) is 0.758. The summed E-state index contributed by atoms with van der Waals surface area (Å²) in [6, 6.07) is 85.5. The van der Waals surface area contributed by atoms with Crippen molar-refractivity contribution in [2.24, 2.45) is 17.2 Å². The molecule has 0 amide bonds. The third-order valence-corrected chi connectivity index (χ3v) is 21.8. The fourth-order valence-corrected chi connectivity index (χ4v) is 15.1. The second kappa shape index (κ2) is 56.4. The maximum atomic E-state index is 14.1. The van der Waals surface area contributed by atoms with E-state index < -0.39 is 100 Å². The van der Waals surface area contributed by atoms with Gasteiger partial charge in [0.1, 0.15) is 35.0 Å². The molecule has 0 aliphatic heterocycles. The fraction of sp³-hybridized carbons (Fsp3) is 0.202. The van der Waals surface area contributed by atoms with Crippen LogP contribution in [0.2, 0.25) is 0 Å². The summed E-state index contributed by atoms with van der Waals surface area (Å²) in [4.78, 5) is -1.69. The Labute approximate surface area is 753 Å². The molecule has 12 aromatic rings. The third-order valence-electron chi connectivity index (χ3n) is 17.7. The Bertz CT molecular complexity index is 4960. The van der Waals surface area contributed by atoms with Gasteiger partial charge in [0.05, 0.1) is 0 Å². The summed E-state index contributed by atoms with van der Waals surface area (Å²) < 4.78 is 157. The van der Waals surface area contributed by atoms with Gasteiger partial charge < -0.3 is 53.6 Å². The average molecular weight is 2020 g/mol. The summed E-state index contributed by atoms with van der Waals surface area (Å²) in [5, 5.41) is 0. The second-order valence-electron chi connectivity index (χ2n) is 27.4. The van der Waals surface area contributed by atoms with Crippen LogP contribution in [0.1, 0.15) is 159 Å². The summed E-state index contributed by atoms with van der Waals surface area (Å²) in [5.74, 6) is -10.9. The van der Waals surface area contributed by atoms with E-state index in [4.69, 9.17) is 17.2 Å². The Balaban J connectivity index is 0.000000744. The van der Waals surface area contributed by atoms with Gasteiger partial charge in [-0.05, 0) is 112 Å². The fourth-order valence-electron chi connectivity index (χ4n) is 11.5. The number of halogens is 8. The predicted molar refractivity (Wildman–Crippen MR) is 476 cm³/mol. The van der Waals surface area contributed by atoms with Gasteiger partial charge in [-0.1, -0.05) is 374 Å². The molecule has 12 aromatic carbocycles. The standard InChI is InChI=1S/2C21H21N2O2S.C20H14F5N2O2S.2C10H14.C9H12.3CH3.3ClH.3Ru/c2*1-16-12-14-19(15-13-16)26(24,25)23-21(18-10-6-3-7-11-18)20(22)17-8-4-2-5-9-17;21-13-14(22)16(24)20(17(25)15(13)23)30(28,29)27-19(12-9-5-2-6-10-12)18(26)11-7-3-1-4-8-11;2*1-8(2)10-6-4-9(3)5-7-10;1-7-4-8(2)6-9(3)5-7;;;;;;;;;/h2*2-15,20-21H,22H2,1H3;1-10,18-19H,26H2;2*4-8H,1-3H3;4-6H,1-3H3;3*1H3;3*1H;;;/q3*-1;;;;3*-1;;;;3*+4/p-3/t2*20-,21-;18-,19-;;;;;;;;;;;;/m111............/s1. The van der Waals surface area contributed by atoms with E-state index in [1.54, 1.807) is 97.1 Å². The number of nitrogens with zero attached hydrogens (tertiary/aromatic N) is 3. The molecule has 6 atom stereocenters. The number of hydrogen-bond donors (Lipinski definition) is 3. The topological polar surface area (TPSA) is 223 Å². The number of hydrogen-bond acceptors (Lipinski definition) is 9. The van der Waals surface area contributed by atoms with E-state index in [1.807, 2.05) is 187 Å². The van der Waals surface area contributed by atoms with Crippen molar-refractivity contribution >= 4 is 59.1 Å². The van der Waals surface area contributed by atoms with E-state index >= 15 is 0 Å². The summed E-state index contributed by atoms with van der Waals surface area (Å²) in [5.41, 5.74) is 34.5. The van der Waals surface area contributed by atoms with Crippen LogP contribution in [0.3, 0.4) is 0 Å². The minimum absolute atomic E-state index is 0. The molecule has 642 valence electrons. The molecule has 120 heavy (non-hydrogen) atoms. The Hall–Kier alpha value is -7.36. The number of rotatable bonds is 20. The van der Waals surface area contributed by atoms with E-state index in [0.717, 1.165) is 33.4 Å². The third kappa shape index (κ3) is 35.5. The number of benzene rings is 12. The molecule has 12 nitrogen and oxygen atoms in total. The van der Waals surface area contributed by atoms with Crippen LogP contribution in [0.5, 0.6) is 0 Å². The minimum atomic E-state index is -5.34. The number of nitrogens with two attached hydrogens (primary N) is 3. The van der Waals surface area contributed by atoms with Crippen LogP contribution in [0.15, 0.2) is 312 Å². The van der Waals surface area contributed by atoms with Gasteiger partial charge in [0.2, 0.25) is 5.82 Å². The molecule has 0 saturated heterocycles. The molecular weight excluding hydrogens is 1910 g/mol. The van der Waals surface area contributed by atoms with Crippen molar-refractivity contribution in [1.29, 1.82) is 0 Å². The Morgan fingerprint density at radius 3 is 0.650 bits per heavy atom. The van der Waals surface area contributed by atoms with Crippen molar-refractivity contribution < 1.29 is 99.1 Å². The first kappa shape index (κ1) is 111. The Kier molecular flexibility index (Phi) is 52.0. The molecule has 26 heteroatoms. The predicted octanol–water partition coefficient (Wildman–Crippen LogP) is 26.1. The van der Waals surface area contributed by atoms with E-state index in [-0.39, 0.29) is 37.6 Å². The van der Waals surface area contributed by atoms with Gasteiger partial charge in [0, 0.05) is 27.9 Å². The molecule has 0 saturated carbocycles. The van der Waals surface area contributed by atoms with E-state index in [2.05, 4.69) is 172 Å². The monoisotopic (exact) mass is 2020 g/mol. The van der Waals surface area contributed by atoms with Crippen molar-refractivity contribution in [3.63, 3.8) is 0 Å². The first-order valence-electron chi connectivity index (χ1n) is 36.4. The van der Waals surface area contributed by atoms with E-state index in [9.17, 15) is 47.2 Å². The van der Waals surface area contributed by atoms with Crippen molar-refractivity contribution in [2.45, 2.75) is 139 Å². The van der Waals surface area contributed by atoms with Crippen LogP contribution in [0.4, 0.5) is 22.0 Å². The molecule has 0 fully saturated rings. The maximum absolute atomic E-state index is 14.1. The molecule has 0 heterocycles. The molecular formula is C94H105Cl3F5N6O6Ru3S3+3. The first-order chi connectivity index (χ1) is 55.7. The van der Waals surface area contributed by atoms with Gasteiger partial charge >= 0.3 is 81.0 Å². The Morgan fingerprint density at radius 2 is 0.442 bits per heavy atom. The molecule has 12 rings (SSSR count). The van der Waals surface area contributed by atoms with E-state index in [1.165, 1.54) is 51.1 Å². The number of sulfonamides is 3. The zero-order valence-electron chi connectivity index (χ0n) is 69.2. The van der Waals surface area contributed by atoms with Gasteiger partial charge in [-0.3, -0.25) is 0 Å².